The van der Waals surface area contributed by atoms with E-state index in [-0.39, 0.29) is 0 Å². The zero-order valence-electron chi connectivity index (χ0n) is 17.4. The van der Waals surface area contributed by atoms with Crippen LogP contribution in [0.3, 0.4) is 0 Å². The molecule has 6 heteroatoms. The van der Waals surface area contributed by atoms with Gasteiger partial charge in [0.1, 0.15) is 0 Å². The molecule has 0 spiro atoms. The van der Waals surface area contributed by atoms with Gasteiger partial charge < -0.3 is 10.2 Å². The summed E-state index contributed by atoms with van der Waals surface area (Å²) in [5, 5.41) is 10.4. The molecule has 0 amide bonds. The molecule has 150 valence electrons. The minimum Gasteiger partial charge on any atom is -0.348 e. The monoisotopic (exact) mass is 405 g/mol. The molecule has 1 aliphatic heterocycles. The van der Waals surface area contributed by atoms with Crippen molar-refractivity contribution in [2.45, 2.75) is 44.8 Å². The Balaban J connectivity index is 1.46. The van der Waals surface area contributed by atoms with E-state index in [2.05, 4.69) is 78.8 Å². The van der Waals surface area contributed by atoms with Crippen molar-refractivity contribution in [3.8, 4) is 11.1 Å². The van der Waals surface area contributed by atoms with Gasteiger partial charge in [-0.05, 0) is 62.1 Å². The molecule has 1 saturated heterocycles. The maximum absolute atomic E-state index is 4.94. The van der Waals surface area contributed by atoms with Gasteiger partial charge in [0.2, 0.25) is 0 Å². The second-order valence-electron chi connectivity index (χ2n) is 8.46. The van der Waals surface area contributed by atoms with E-state index in [1.165, 1.54) is 21.2 Å². The number of aromatic nitrogens is 3. The van der Waals surface area contributed by atoms with Gasteiger partial charge in [-0.25, -0.2) is 4.98 Å². The van der Waals surface area contributed by atoms with Gasteiger partial charge in [0.05, 0.1) is 15.7 Å². The molecule has 29 heavy (non-hydrogen) atoms. The second-order valence-corrected chi connectivity index (χ2v) is 9.47. The lowest BCUT2D eigenvalue weighted by molar-refractivity contribution is 0.311. The fraction of sp³-hybridized carbons (Fsp3) is 0.391. The first-order valence-electron chi connectivity index (χ1n) is 10.3. The first-order chi connectivity index (χ1) is 14.0. The number of rotatable bonds is 3. The SMILES string of the molecule is CC1CC(N(C)c2nc3ccc(-c4ccc5nn(C)cc5c4)cc3s2)CC(C)N1. The summed E-state index contributed by atoms with van der Waals surface area (Å²) >= 11 is 1.80. The zero-order chi connectivity index (χ0) is 20.1. The minimum absolute atomic E-state index is 0.536. The fourth-order valence-corrected chi connectivity index (χ4v) is 5.62. The van der Waals surface area contributed by atoms with Crippen molar-refractivity contribution in [1.29, 1.82) is 0 Å². The van der Waals surface area contributed by atoms with Gasteiger partial charge in [0, 0.05) is 43.8 Å². The van der Waals surface area contributed by atoms with Gasteiger partial charge in [-0.3, -0.25) is 4.68 Å². The van der Waals surface area contributed by atoms with Crippen LogP contribution in [0.5, 0.6) is 0 Å². The largest absolute Gasteiger partial charge is 0.348 e. The molecule has 5 nitrogen and oxygen atoms in total. The Bertz CT molecular complexity index is 1170. The Hall–Kier alpha value is -2.44. The van der Waals surface area contributed by atoms with Gasteiger partial charge >= 0.3 is 0 Å². The molecule has 4 aromatic rings. The molecule has 1 N–H and O–H groups in total. The molecule has 5 rings (SSSR count). The van der Waals surface area contributed by atoms with Crippen LogP contribution in [-0.4, -0.2) is 39.9 Å². The fourth-order valence-electron chi connectivity index (χ4n) is 4.58. The van der Waals surface area contributed by atoms with Crippen molar-refractivity contribution in [3.05, 3.63) is 42.6 Å². The lowest BCUT2D eigenvalue weighted by atomic mass is 9.95. The number of fused-ring (bicyclic) bond motifs is 2. The van der Waals surface area contributed by atoms with E-state index in [0.29, 0.717) is 18.1 Å². The minimum atomic E-state index is 0.536. The van der Waals surface area contributed by atoms with Gasteiger partial charge in [-0.15, -0.1) is 0 Å². The van der Waals surface area contributed by atoms with Crippen molar-refractivity contribution < 1.29 is 0 Å². The number of thiazole rings is 1. The molecule has 0 radical (unpaired) electrons. The summed E-state index contributed by atoms with van der Waals surface area (Å²) in [6, 6.07) is 14.7. The summed E-state index contributed by atoms with van der Waals surface area (Å²) in [4.78, 5) is 7.33. The number of anilines is 1. The van der Waals surface area contributed by atoms with Crippen LogP contribution in [0.25, 0.3) is 32.2 Å². The predicted octanol–water partition coefficient (Wildman–Crippen LogP) is 4.82. The molecule has 1 fully saturated rings. The molecule has 3 heterocycles. The van der Waals surface area contributed by atoms with Crippen molar-refractivity contribution >= 4 is 37.6 Å². The number of aryl methyl sites for hydroxylation is 1. The molecule has 2 unspecified atom stereocenters. The quantitative estimate of drug-likeness (QED) is 0.531. The van der Waals surface area contributed by atoms with Crippen LogP contribution in [0.15, 0.2) is 42.6 Å². The Morgan fingerprint density at radius 1 is 1.03 bits per heavy atom. The topological polar surface area (TPSA) is 46.0 Å². The maximum atomic E-state index is 4.94. The lowest BCUT2D eigenvalue weighted by Crippen LogP contribution is -2.49. The standard InChI is InChI=1S/C23H27N5S/c1-14-9-19(10-15(2)24-14)28(4)23-25-21-8-6-17(12-22(21)29-23)16-5-7-20-18(11-16)13-27(3)26-20/h5-8,11-15,19,24H,9-10H2,1-4H3. The third kappa shape index (κ3) is 3.51. The van der Waals surface area contributed by atoms with Crippen LogP contribution in [-0.2, 0) is 7.05 Å². The molecule has 0 aliphatic carbocycles. The highest BCUT2D eigenvalue weighted by Gasteiger charge is 2.27. The Kier molecular flexibility index (Phi) is 4.56. The first-order valence-corrected chi connectivity index (χ1v) is 11.1. The van der Waals surface area contributed by atoms with Crippen LogP contribution in [0, 0.1) is 0 Å². The number of hydrogen-bond acceptors (Lipinski definition) is 5. The van der Waals surface area contributed by atoms with Crippen molar-refractivity contribution in [1.82, 2.24) is 20.1 Å². The van der Waals surface area contributed by atoms with Crippen LogP contribution in [0.4, 0.5) is 5.13 Å². The number of nitrogens with zero attached hydrogens (tertiary/aromatic N) is 4. The first kappa shape index (κ1) is 18.6. The number of hydrogen-bond donors (Lipinski definition) is 1. The highest BCUT2D eigenvalue weighted by molar-refractivity contribution is 7.22. The van der Waals surface area contributed by atoms with Crippen molar-refractivity contribution in [3.63, 3.8) is 0 Å². The van der Waals surface area contributed by atoms with Gasteiger partial charge in [0.25, 0.3) is 0 Å². The summed E-state index contributed by atoms with van der Waals surface area (Å²) in [5.74, 6) is 0. The molecule has 0 bridgehead atoms. The van der Waals surface area contributed by atoms with Crippen LogP contribution in [0.2, 0.25) is 0 Å². The van der Waals surface area contributed by atoms with E-state index in [1.807, 2.05) is 11.7 Å². The Morgan fingerprint density at radius 3 is 2.48 bits per heavy atom. The predicted molar refractivity (Wildman–Crippen MR) is 123 cm³/mol. The highest BCUT2D eigenvalue weighted by atomic mass is 32.1. The summed E-state index contributed by atoms with van der Waals surface area (Å²) in [5.41, 5.74) is 4.56. The number of benzene rings is 2. The second kappa shape index (κ2) is 7.11. The zero-order valence-corrected chi connectivity index (χ0v) is 18.2. The van der Waals surface area contributed by atoms with E-state index < -0.39 is 0 Å². The summed E-state index contributed by atoms with van der Waals surface area (Å²) in [7, 11) is 4.16. The Morgan fingerprint density at radius 2 is 1.72 bits per heavy atom. The van der Waals surface area contributed by atoms with Gasteiger partial charge in [-0.2, -0.15) is 5.10 Å². The Labute approximate surface area is 175 Å². The van der Waals surface area contributed by atoms with Crippen LogP contribution in [0.1, 0.15) is 26.7 Å². The maximum Gasteiger partial charge on any atom is 0.186 e. The molecule has 2 aromatic carbocycles. The number of piperidine rings is 1. The molecule has 2 atom stereocenters. The van der Waals surface area contributed by atoms with Crippen LogP contribution >= 0.6 is 11.3 Å². The van der Waals surface area contributed by atoms with E-state index in [1.54, 1.807) is 11.3 Å². The normalized spacial score (nSPS) is 22.4. The van der Waals surface area contributed by atoms with Crippen molar-refractivity contribution in [2.75, 3.05) is 11.9 Å². The highest BCUT2D eigenvalue weighted by Crippen LogP contribution is 2.34. The average Bonchev–Trinajstić information content (AvgIpc) is 3.27. The van der Waals surface area contributed by atoms with E-state index in [0.717, 1.165) is 29.0 Å². The van der Waals surface area contributed by atoms with Crippen molar-refractivity contribution in [2.24, 2.45) is 7.05 Å². The smallest absolute Gasteiger partial charge is 0.186 e. The summed E-state index contributed by atoms with van der Waals surface area (Å²) in [6.45, 7) is 4.56. The van der Waals surface area contributed by atoms with E-state index in [4.69, 9.17) is 4.98 Å². The average molecular weight is 406 g/mol. The molecule has 1 aliphatic rings. The third-order valence-electron chi connectivity index (χ3n) is 6.00. The summed E-state index contributed by atoms with van der Waals surface area (Å²) < 4.78 is 3.11. The van der Waals surface area contributed by atoms with Crippen LogP contribution < -0.4 is 10.2 Å². The third-order valence-corrected chi connectivity index (χ3v) is 7.11. The van der Waals surface area contributed by atoms with E-state index >= 15 is 0 Å². The van der Waals surface area contributed by atoms with Gasteiger partial charge in [0.15, 0.2) is 5.13 Å². The summed E-state index contributed by atoms with van der Waals surface area (Å²) in [6.07, 6.45) is 4.39. The molecular formula is C23H27N5S. The lowest BCUT2D eigenvalue weighted by Gasteiger charge is -2.38. The van der Waals surface area contributed by atoms with Gasteiger partial charge in [-0.1, -0.05) is 23.5 Å². The van der Waals surface area contributed by atoms with E-state index in [9.17, 15) is 0 Å². The number of nitrogens with one attached hydrogen (secondary N) is 1. The molecular weight excluding hydrogens is 378 g/mol. The molecule has 0 saturated carbocycles. The molecule has 2 aromatic heterocycles.